The van der Waals surface area contributed by atoms with Gasteiger partial charge in [0, 0.05) is 6.54 Å². The van der Waals surface area contributed by atoms with E-state index in [0.717, 1.165) is 0 Å². The average Bonchev–Trinajstić information content (AvgIpc) is 3.07. The first kappa shape index (κ1) is 49.0. The number of carbonyl (C=O) groups is 9. The minimum absolute atomic E-state index is 0.0177. The van der Waals surface area contributed by atoms with Gasteiger partial charge in [-0.3, -0.25) is 48.1 Å². The highest BCUT2D eigenvalue weighted by atomic mass is 32.1. The van der Waals surface area contributed by atoms with Crippen molar-refractivity contribution in [3.05, 3.63) is 0 Å². The van der Waals surface area contributed by atoms with Gasteiger partial charge in [0.25, 0.3) is 0 Å². The molecule has 7 amide bonds. The summed E-state index contributed by atoms with van der Waals surface area (Å²) >= 11 is 3.66. The second-order valence-electron chi connectivity index (χ2n) is 13.0. The van der Waals surface area contributed by atoms with Crippen LogP contribution in [0.4, 0.5) is 0 Å². The molecule has 0 aliphatic rings. The minimum Gasteiger partial charge on any atom is -0.481 e. The molecule has 54 heavy (non-hydrogen) atoms. The standard InChI is InChI=1S/C31H55N11O11S/c1-14(2)9-18(26(49)38-16(5)30(53)54)41-28(51)20(13-43)42-27(50)19(10-23(46)47)40-22(45)11-36-25(48)17(7-6-8-35-31(33)34)39-21(44)12-37-29(52)24(32)15(3)4/h14-20,24,43H,6-13,32H2,1-5H3,(H,36,48)(H,37,52)(H,38,49)(H,39,44)(H,40,45)(H,41,51)(H,42,50)(H,46,47)(H,53,54)(H4,33,34,35)/t16-,17-,18-,19-,20-,24-/m0/s1. The van der Waals surface area contributed by atoms with Crippen molar-refractivity contribution < 1.29 is 53.4 Å². The zero-order chi connectivity index (χ0) is 41.7. The van der Waals surface area contributed by atoms with Crippen LogP contribution in [0.15, 0.2) is 4.99 Å². The Morgan fingerprint density at radius 1 is 0.685 bits per heavy atom. The molecule has 0 radical (unpaired) electrons. The van der Waals surface area contributed by atoms with Crippen molar-refractivity contribution in [1.82, 2.24) is 37.2 Å². The summed E-state index contributed by atoms with van der Waals surface area (Å²) in [6, 6.07) is -7.82. The van der Waals surface area contributed by atoms with Crippen molar-refractivity contribution in [3.8, 4) is 0 Å². The van der Waals surface area contributed by atoms with Crippen molar-refractivity contribution in [2.24, 2.45) is 34.0 Å². The number of rotatable bonds is 25. The van der Waals surface area contributed by atoms with E-state index in [1.165, 1.54) is 6.92 Å². The number of thiol groups is 1. The number of aliphatic hydroxyl groups excluding tert-OH is 1. The quantitative estimate of drug-likeness (QED) is 0.0178. The van der Waals surface area contributed by atoms with Crippen molar-refractivity contribution >= 4 is 71.0 Å². The van der Waals surface area contributed by atoms with Crippen LogP contribution in [-0.4, -0.2) is 131 Å². The predicted molar refractivity (Wildman–Crippen MR) is 197 cm³/mol. The molecule has 15 N–H and O–H groups in total. The van der Waals surface area contributed by atoms with Gasteiger partial charge in [0.2, 0.25) is 46.5 Å². The second kappa shape index (κ2) is 25.1. The van der Waals surface area contributed by atoms with Crippen LogP contribution in [-0.2, 0) is 43.2 Å². The minimum atomic E-state index is -1.80. The Labute approximate surface area is 318 Å². The molecular weight excluding hydrogens is 734 g/mol. The lowest BCUT2D eigenvalue weighted by molar-refractivity contribution is -0.141. The number of guanidine groups is 1. The Morgan fingerprint density at radius 3 is 1.67 bits per heavy atom. The third-order valence-corrected chi connectivity index (χ3v) is 7.77. The van der Waals surface area contributed by atoms with Gasteiger partial charge >= 0.3 is 5.97 Å². The molecule has 0 aromatic heterocycles. The fraction of sp³-hybridized carbons (Fsp3) is 0.677. The summed E-state index contributed by atoms with van der Waals surface area (Å²) in [5.41, 5.74) is 16.4. The smallest absolute Gasteiger partial charge is 0.305 e. The van der Waals surface area contributed by atoms with Gasteiger partial charge in [0.05, 0.1) is 38.2 Å². The van der Waals surface area contributed by atoms with Crippen LogP contribution < -0.4 is 54.4 Å². The molecule has 0 bridgehead atoms. The number of aliphatic hydroxyl groups is 1. The van der Waals surface area contributed by atoms with Gasteiger partial charge < -0.3 is 64.6 Å². The highest BCUT2D eigenvalue weighted by Crippen LogP contribution is 2.07. The summed E-state index contributed by atoms with van der Waals surface area (Å²) in [6.45, 7) is 6.09. The van der Waals surface area contributed by atoms with E-state index in [4.69, 9.17) is 17.2 Å². The van der Waals surface area contributed by atoms with Gasteiger partial charge in [-0.2, -0.15) is 0 Å². The number of carboxylic acids is 1. The number of nitrogens with one attached hydrogen (secondary N) is 7. The first-order chi connectivity index (χ1) is 25.1. The largest absolute Gasteiger partial charge is 0.481 e. The van der Waals surface area contributed by atoms with Crippen molar-refractivity contribution in [2.45, 2.75) is 96.6 Å². The molecule has 0 aromatic carbocycles. The summed E-state index contributed by atoms with van der Waals surface area (Å²) < 4.78 is 0. The first-order valence-corrected chi connectivity index (χ1v) is 17.5. The van der Waals surface area contributed by atoms with Gasteiger partial charge in [-0.15, -0.1) is 12.6 Å². The molecule has 23 heteroatoms. The van der Waals surface area contributed by atoms with Gasteiger partial charge in [-0.1, -0.05) is 27.7 Å². The number of hydrogen-bond acceptors (Lipinski definition) is 12. The number of aliphatic carboxylic acids is 1. The monoisotopic (exact) mass is 789 g/mol. The lowest BCUT2D eigenvalue weighted by atomic mass is 10.0. The van der Waals surface area contributed by atoms with E-state index >= 15 is 0 Å². The highest BCUT2D eigenvalue weighted by molar-refractivity contribution is 7.96. The fourth-order valence-corrected chi connectivity index (χ4v) is 4.41. The molecule has 0 aromatic rings. The number of carbonyl (C=O) groups excluding carboxylic acids is 8. The summed E-state index contributed by atoms with van der Waals surface area (Å²) in [5, 5.41) is 34.7. The lowest BCUT2D eigenvalue weighted by Gasteiger charge is -2.25. The molecule has 22 nitrogen and oxygen atoms in total. The van der Waals surface area contributed by atoms with E-state index in [2.05, 4.69) is 54.8 Å². The number of amides is 7. The Balaban J connectivity index is 5.65. The van der Waals surface area contributed by atoms with Crippen molar-refractivity contribution in [2.75, 3.05) is 26.2 Å². The molecule has 0 fully saturated rings. The third-order valence-electron chi connectivity index (χ3n) is 7.38. The molecule has 0 unspecified atom stereocenters. The summed E-state index contributed by atoms with van der Waals surface area (Å²) in [4.78, 5) is 116. The zero-order valence-electron chi connectivity index (χ0n) is 31.0. The van der Waals surface area contributed by atoms with Crippen LogP contribution in [0.5, 0.6) is 0 Å². The van der Waals surface area contributed by atoms with Crippen molar-refractivity contribution in [1.29, 1.82) is 0 Å². The van der Waals surface area contributed by atoms with Crippen LogP contribution in [0.3, 0.4) is 0 Å². The van der Waals surface area contributed by atoms with Crippen LogP contribution in [0.25, 0.3) is 0 Å². The molecular formula is C31H55N11O11S. The van der Waals surface area contributed by atoms with Gasteiger partial charge in [0.15, 0.2) is 5.96 Å². The number of nitrogens with zero attached hydrogens (tertiary/aromatic N) is 1. The van der Waals surface area contributed by atoms with E-state index in [0.29, 0.717) is 0 Å². The summed E-state index contributed by atoms with van der Waals surface area (Å²) in [6.07, 6.45) is -0.694. The topological polar surface area (TPSA) is 369 Å². The lowest BCUT2D eigenvalue weighted by Crippen LogP contribution is -2.59. The maximum Gasteiger partial charge on any atom is 0.305 e. The van der Waals surface area contributed by atoms with Gasteiger partial charge in [-0.05, 0) is 38.0 Å². The molecule has 0 rings (SSSR count). The van der Waals surface area contributed by atoms with Crippen LogP contribution in [0.2, 0.25) is 0 Å². The van der Waals surface area contributed by atoms with E-state index < -0.39 is 115 Å². The maximum absolute atomic E-state index is 13.1. The van der Waals surface area contributed by atoms with E-state index in [1.807, 2.05) is 0 Å². The van der Waals surface area contributed by atoms with Crippen LogP contribution in [0, 0.1) is 11.8 Å². The molecule has 0 saturated carbocycles. The molecule has 6 atom stereocenters. The number of aliphatic imine (C=N–C) groups is 1. The first-order valence-electron chi connectivity index (χ1n) is 17.0. The highest BCUT2D eigenvalue weighted by Gasteiger charge is 2.32. The number of hydrogen-bond donors (Lipinski definition) is 13. The Hall–Kier alpha value is -5.03. The average molecular weight is 790 g/mol. The summed E-state index contributed by atoms with van der Waals surface area (Å²) in [7, 11) is 0. The summed E-state index contributed by atoms with van der Waals surface area (Å²) in [5.74, 6) is -8.29. The Morgan fingerprint density at radius 2 is 1.19 bits per heavy atom. The third kappa shape index (κ3) is 20.3. The molecule has 0 aliphatic carbocycles. The van der Waals surface area contributed by atoms with Crippen molar-refractivity contribution in [3.63, 3.8) is 0 Å². The van der Waals surface area contributed by atoms with E-state index in [9.17, 15) is 53.4 Å². The predicted octanol–water partition coefficient (Wildman–Crippen LogP) is -5.33. The maximum atomic E-state index is 13.1. The molecule has 0 aliphatic heterocycles. The van der Waals surface area contributed by atoms with Crippen LogP contribution >= 0.6 is 12.6 Å². The molecule has 0 heterocycles. The van der Waals surface area contributed by atoms with E-state index in [1.54, 1.807) is 27.7 Å². The molecule has 0 spiro atoms. The van der Waals surface area contributed by atoms with Crippen LogP contribution in [0.1, 0.15) is 60.3 Å². The second-order valence-corrected chi connectivity index (χ2v) is 13.4. The van der Waals surface area contributed by atoms with E-state index in [-0.39, 0.29) is 43.6 Å². The zero-order valence-corrected chi connectivity index (χ0v) is 31.9. The Bertz CT molecular complexity index is 1380. The fourth-order valence-electron chi connectivity index (χ4n) is 4.34. The Kier molecular flexibility index (Phi) is 22.7. The van der Waals surface area contributed by atoms with Gasteiger partial charge in [-0.25, -0.2) is 0 Å². The molecule has 306 valence electrons. The normalized spacial score (nSPS) is 14.2. The molecule has 0 saturated heterocycles. The number of carboxylic acid groups (broad SMARTS) is 1. The van der Waals surface area contributed by atoms with Gasteiger partial charge in [0.1, 0.15) is 24.2 Å². The SMILES string of the molecule is CC(C)C[C@H](NC(=O)[C@H](CO)NC(=O)[C@H](CC(=O)O)NC(=O)CNC(=O)[C@H](CCCN=C(N)N)NC(=O)CNC(=O)[C@@H](N)C(C)C)C(=O)N[C@@H](C)C(=O)S. The number of nitrogens with two attached hydrogens (primary N) is 3.